The van der Waals surface area contributed by atoms with Gasteiger partial charge in [-0.25, -0.2) is 9.07 Å². The van der Waals surface area contributed by atoms with E-state index in [1.807, 2.05) is 32.4 Å². The van der Waals surface area contributed by atoms with Crippen molar-refractivity contribution >= 4 is 13.2 Å². The fraction of sp³-hybridized carbons (Fsp3) is 0.714. The van der Waals surface area contributed by atoms with E-state index in [0.29, 0.717) is 11.7 Å². The first-order chi connectivity index (χ1) is 9.78. The molecule has 0 aromatic carbocycles. The second-order valence-corrected chi connectivity index (χ2v) is 6.83. The monoisotopic (exact) mass is 293 g/mol. The normalized spacial score (nSPS) is 25.2. The van der Waals surface area contributed by atoms with Gasteiger partial charge in [-0.2, -0.15) is 0 Å². The van der Waals surface area contributed by atoms with Crippen LogP contribution in [0.4, 0.5) is 4.39 Å². The summed E-state index contributed by atoms with van der Waals surface area (Å²) >= 11 is 0. The first-order valence-electron chi connectivity index (χ1n) is 7.43. The molecule has 0 N–H and O–H groups in total. The lowest BCUT2D eigenvalue weighted by molar-refractivity contribution is 0.00578. The molecule has 1 saturated heterocycles. The number of aromatic nitrogens is 3. The Bertz CT molecular complexity index is 550. The van der Waals surface area contributed by atoms with Gasteiger partial charge in [0, 0.05) is 0 Å². The Morgan fingerprint density at radius 1 is 1.33 bits per heavy atom. The third-order valence-corrected chi connectivity index (χ3v) is 4.74. The molecule has 0 spiro atoms. The van der Waals surface area contributed by atoms with Crippen LogP contribution >= 0.6 is 0 Å². The number of hydrogen-bond donors (Lipinski definition) is 0. The van der Waals surface area contributed by atoms with Crippen LogP contribution < -0.4 is 0 Å². The van der Waals surface area contributed by atoms with Gasteiger partial charge in [0.2, 0.25) is 0 Å². The van der Waals surface area contributed by atoms with Gasteiger partial charge in [-0.1, -0.05) is 5.21 Å². The van der Waals surface area contributed by atoms with Crippen LogP contribution in [0.3, 0.4) is 0 Å². The van der Waals surface area contributed by atoms with Crippen LogP contribution in [0.25, 0.3) is 6.08 Å². The van der Waals surface area contributed by atoms with Crippen LogP contribution in [0, 0.1) is 0 Å². The van der Waals surface area contributed by atoms with E-state index in [-0.39, 0.29) is 0 Å². The fourth-order valence-electron chi connectivity index (χ4n) is 2.35. The van der Waals surface area contributed by atoms with Gasteiger partial charge in [-0.05, 0) is 53.0 Å². The van der Waals surface area contributed by atoms with Crippen molar-refractivity contribution in [2.45, 2.75) is 64.2 Å². The van der Waals surface area contributed by atoms with E-state index in [2.05, 4.69) is 10.3 Å². The van der Waals surface area contributed by atoms with Crippen LogP contribution in [-0.4, -0.2) is 33.3 Å². The minimum absolute atomic E-state index is 0.416. The van der Waals surface area contributed by atoms with Crippen LogP contribution in [0.1, 0.15) is 58.7 Å². The molecule has 0 bridgehead atoms. The molecular formula is C14H21BFN3O2. The SMILES string of the molecule is CC1(C)OB(C(F)=Cc2cn(C3CCC3)nn2)OC1(C)C. The predicted molar refractivity (Wildman–Crippen MR) is 78.1 cm³/mol. The minimum atomic E-state index is -0.983. The zero-order valence-electron chi connectivity index (χ0n) is 13.0. The smallest absolute Gasteiger partial charge is 0.398 e. The van der Waals surface area contributed by atoms with Gasteiger partial charge >= 0.3 is 7.12 Å². The molecule has 114 valence electrons. The predicted octanol–water partition coefficient (Wildman–Crippen LogP) is 2.94. The molecule has 3 rings (SSSR count). The van der Waals surface area contributed by atoms with Gasteiger partial charge in [-0.3, -0.25) is 0 Å². The number of halogens is 1. The van der Waals surface area contributed by atoms with Crippen molar-refractivity contribution in [1.29, 1.82) is 0 Å². The maximum atomic E-state index is 14.3. The standard InChI is InChI=1S/C14H21BFN3O2/c1-13(2)14(3,4)21-15(20-13)12(16)8-10-9-19(18-17-10)11-6-5-7-11/h8-9,11H,5-7H2,1-4H3. The molecular weight excluding hydrogens is 272 g/mol. The Labute approximate surface area is 124 Å². The molecule has 21 heavy (non-hydrogen) atoms. The molecule has 1 aliphatic heterocycles. The van der Waals surface area contributed by atoms with E-state index in [9.17, 15) is 4.39 Å². The molecule has 2 heterocycles. The van der Waals surface area contributed by atoms with E-state index in [1.165, 1.54) is 12.5 Å². The highest BCUT2D eigenvalue weighted by Gasteiger charge is 2.53. The van der Waals surface area contributed by atoms with E-state index >= 15 is 0 Å². The Kier molecular flexibility index (Phi) is 3.45. The zero-order chi connectivity index (χ0) is 15.3. The Balaban J connectivity index is 1.73. The number of nitrogens with zero attached hydrogens (tertiary/aromatic N) is 3. The zero-order valence-corrected chi connectivity index (χ0v) is 13.0. The number of hydrogen-bond acceptors (Lipinski definition) is 4. The van der Waals surface area contributed by atoms with Crippen LogP contribution in [-0.2, 0) is 9.31 Å². The van der Waals surface area contributed by atoms with Crippen molar-refractivity contribution in [3.8, 4) is 0 Å². The summed E-state index contributed by atoms with van der Waals surface area (Å²) in [6, 6.07) is 0.416. The summed E-state index contributed by atoms with van der Waals surface area (Å²) in [5, 5.41) is 8.04. The lowest BCUT2D eigenvalue weighted by Crippen LogP contribution is -2.41. The van der Waals surface area contributed by atoms with Crippen molar-refractivity contribution in [2.75, 3.05) is 0 Å². The molecule has 1 aromatic heterocycles. The Hall–Kier alpha value is -1.21. The fourth-order valence-corrected chi connectivity index (χ4v) is 2.35. The van der Waals surface area contributed by atoms with Crippen molar-refractivity contribution in [3.63, 3.8) is 0 Å². The minimum Gasteiger partial charge on any atom is -0.398 e. The molecule has 1 aliphatic carbocycles. The highest BCUT2D eigenvalue weighted by molar-refractivity contribution is 6.54. The molecule has 0 unspecified atom stereocenters. The average Bonchev–Trinajstić information content (AvgIpc) is 2.80. The molecule has 1 saturated carbocycles. The van der Waals surface area contributed by atoms with Crippen LogP contribution in [0.5, 0.6) is 0 Å². The molecule has 7 heteroatoms. The third-order valence-electron chi connectivity index (χ3n) is 4.74. The van der Waals surface area contributed by atoms with Gasteiger partial charge < -0.3 is 9.31 Å². The van der Waals surface area contributed by atoms with Gasteiger partial charge in [0.25, 0.3) is 0 Å². The molecule has 0 radical (unpaired) electrons. The molecule has 1 aromatic rings. The van der Waals surface area contributed by atoms with Crippen molar-refractivity contribution in [1.82, 2.24) is 15.0 Å². The average molecular weight is 293 g/mol. The van der Waals surface area contributed by atoms with Crippen LogP contribution in [0.15, 0.2) is 11.9 Å². The summed E-state index contributed by atoms with van der Waals surface area (Å²) in [6.45, 7) is 7.58. The van der Waals surface area contributed by atoms with E-state index in [4.69, 9.17) is 9.31 Å². The highest BCUT2D eigenvalue weighted by atomic mass is 19.1. The van der Waals surface area contributed by atoms with E-state index < -0.39 is 24.0 Å². The molecule has 0 amide bonds. The second-order valence-electron chi connectivity index (χ2n) is 6.83. The quantitative estimate of drug-likeness (QED) is 0.804. The van der Waals surface area contributed by atoms with Gasteiger partial charge in [-0.15, -0.1) is 5.10 Å². The van der Waals surface area contributed by atoms with E-state index in [0.717, 1.165) is 12.8 Å². The molecule has 2 aliphatic rings. The second kappa shape index (κ2) is 4.92. The Morgan fingerprint density at radius 2 is 1.95 bits per heavy atom. The lowest BCUT2D eigenvalue weighted by atomic mass is 9.87. The summed E-state index contributed by atoms with van der Waals surface area (Å²) in [4.78, 5) is 0. The first-order valence-corrected chi connectivity index (χ1v) is 7.43. The summed E-state index contributed by atoms with van der Waals surface area (Å²) in [5.74, 6) is 0. The summed E-state index contributed by atoms with van der Waals surface area (Å²) in [6.07, 6.45) is 6.56. The summed E-state index contributed by atoms with van der Waals surface area (Å²) < 4.78 is 27.5. The highest BCUT2D eigenvalue weighted by Crippen LogP contribution is 2.39. The molecule has 5 nitrogen and oxygen atoms in total. The van der Waals surface area contributed by atoms with Gasteiger partial charge in [0.1, 0.15) is 11.4 Å². The van der Waals surface area contributed by atoms with Crippen molar-refractivity contribution in [3.05, 3.63) is 17.6 Å². The summed E-state index contributed by atoms with van der Waals surface area (Å²) in [7, 11) is -0.983. The largest absolute Gasteiger partial charge is 0.525 e. The van der Waals surface area contributed by atoms with Crippen molar-refractivity contribution < 1.29 is 13.7 Å². The molecule has 0 atom stereocenters. The Morgan fingerprint density at radius 3 is 2.48 bits per heavy atom. The van der Waals surface area contributed by atoms with Gasteiger partial charge in [0.05, 0.1) is 23.4 Å². The van der Waals surface area contributed by atoms with Gasteiger partial charge in [0.15, 0.2) is 0 Å². The van der Waals surface area contributed by atoms with Crippen molar-refractivity contribution in [2.24, 2.45) is 0 Å². The maximum absolute atomic E-state index is 14.3. The summed E-state index contributed by atoms with van der Waals surface area (Å²) in [5.41, 5.74) is -1.08. The molecule has 2 fully saturated rings. The van der Waals surface area contributed by atoms with Crippen LogP contribution in [0.2, 0.25) is 0 Å². The lowest BCUT2D eigenvalue weighted by Gasteiger charge is -2.32. The van der Waals surface area contributed by atoms with E-state index in [1.54, 1.807) is 6.20 Å². The topological polar surface area (TPSA) is 49.2 Å². The first kappa shape index (κ1) is 14.7. The maximum Gasteiger partial charge on any atom is 0.525 e. The third kappa shape index (κ3) is 2.64. The number of rotatable bonds is 3.